The summed E-state index contributed by atoms with van der Waals surface area (Å²) in [6.07, 6.45) is 3.76. The van der Waals surface area contributed by atoms with E-state index < -0.39 is 0 Å². The molecule has 1 aromatic heterocycles. The van der Waals surface area contributed by atoms with Gasteiger partial charge in [0.25, 0.3) is 0 Å². The summed E-state index contributed by atoms with van der Waals surface area (Å²) in [6.45, 7) is 0. The molecule has 0 bridgehead atoms. The molecule has 0 radical (unpaired) electrons. The molecule has 3 nitrogen and oxygen atoms in total. The smallest absolute Gasteiger partial charge is 0.201 e. The SMILES string of the molecule is Nc1nc2cc(Br)ccc2n1C1CCC1. The number of nitrogens with two attached hydrogens (primary N) is 1. The number of benzene rings is 1. The second-order valence-corrected chi connectivity index (χ2v) is 4.97. The minimum atomic E-state index is 0.566. The molecule has 2 N–H and O–H groups in total. The molecule has 78 valence electrons. The van der Waals surface area contributed by atoms with Gasteiger partial charge in [-0.15, -0.1) is 0 Å². The largest absolute Gasteiger partial charge is 0.369 e. The molecule has 0 amide bonds. The number of aromatic nitrogens is 2. The summed E-state index contributed by atoms with van der Waals surface area (Å²) in [5.41, 5.74) is 8.08. The van der Waals surface area contributed by atoms with E-state index in [0.29, 0.717) is 12.0 Å². The lowest BCUT2D eigenvalue weighted by molar-refractivity contribution is 0.324. The van der Waals surface area contributed by atoms with E-state index in [2.05, 4.69) is 31.5 Å². The molecule has 1 heterocycles. The van der Waals surface area contributed by atoms with E-state index in [9.17, 15) is 0 Å². The topological polar surface area (TPSA) is 43.8 Å². The summed E-state index contributed by atoms with van der Waals surface area (Å²) in [5.74, 6) is 0.646. The van der Waals surface area contributed by atoms with Crippen LogP contribution in [0.1, 0.15) is 25.3 Å². The van der Waals surface area contributed by atoms with Crippen molar-refractivity contribution in [1.82, 2.24) is 9.55 Å². The number of hydrogen-bond donors (Lipinski definition) is 1. The Morgan fingerprint density at radius 2 is 2.20 bits per heavy atom. The van der Waals surface area contributed by atoms with Gasteiger partial charge in [0.1, 0.15) is 0 Å². The van der Waals surface area contributed by atoms with Crippen molar-refractivity contribution in [3.05, 3.63) is 22.7 Å². The molecule has 0 unspecified atom stereocenters. The number of anilines is 1. The Bertz CT molecular complexity index is 514. The van der Waals surface area contributed by atoms with Gasteiger partial charge < -0.3 is 10.3 Å². The monoisotopic (exact) mass is 265 g/mol. The fourth-order valence-electron chi connectivity index (χ4n) is 2.12. The molecular weight excluding hydrogens is 254 g/mol. The van der Waals surface area contributed by atoms with Crippen molar-refractivity contribution in [3.63, 3.8) is 0 Å². The summed E-state index contributed by atoms with van der Waals surface area (Å²) in [5, 5.41) is 0. The van der Waals surface area contributed by atoms with E-state index in [-0.39, 0.29) is 0 Å². The number of hydrogen-bond acceptors (Lipinski definition) is 2. The number of fused-ring (bicyclic) bond motifs is 1. The van der Waals surface area contributed by atoms with Crippen LogP contribution in [0.25, 0.3) is 11.0 Å². The van der Waals surface area contributed by atoms with E-state index in [0.717, 1.165) is 15.5 Å². The van der Waals surface area contributed by atoms with Crippen LogP contribution in [0, 0.1) is 0 Å². The number of nitrogen functional groups attached to an aromatic ring is 1. The molecule has 1 aromatic carbocycles. The quantitative estimate of drug-likeness (QED) is 0.861. The standard InChI is InChI=1S/C11H12BrN3/c12-7-4-5-10-9(6-7)14-11(13)15(10)8-2-1-3-8/h4-6,8H,1-3H2,(H2,13,14). The zero-order valence-electron chi connectivity index (χ0n) is 8.28. The van der Waals surface area contributed by atoms with Crippen molar-refractivity contribution in [2.45, 2.75) is 25.3 Å². The van der Waals surface area contributed by atoms with Crippen LogP contribution < -0.4 is 5.73 Å². The Morgan fingerprint density at radius 1 is 1.40 bits per heavy atom. The van der Waals surface area contributed by atoms with Gasteiger partial charge in [-0.25, -0.2) is 4.98 Å². The van der Waals surface area contributed by atoms with Crippen molar-refractivity contribution in [2.24, 2.45) is 0 Å². The average molecular weight is 266 g/mol. The van der Waals surface area contributed by atoms with Crippen LogP contribution in [0.2, 0.25) is 0 Å². The molecule has 1 fully saturated rings. The van der Waals surface area contributed by atoms with Crippen molar-refractivity contribution >= 4 is 32.9 Å². The minimum Gasteiger partial charge on any atom is -0.369 e. The highest BCUT2D eigenvalue weighted by molar-refractivity contribution is 9.10. The molecule has 0 aliphatic heterocycles. The Labute approximate surface area is 96.4 Å². The van der Waals surface area contributed by atoms with Gasteiger partial charge in [-0.2, -0.15) is 0 Å². The van der Waals surface area contributed by atoms with Crippen LogP contribution in [-0.2, 0) is 0 Å². The van der Waals surface area contributed by atoms with Crippen LogP contribution in [-0.4, -0.2) is 9.55 Å². The third-order valence-electron chi connectivity index (χ3n) is 3.12. The molecule has 0 spiro atoms. The van der Waals surface area contributed by atoms with Gasteiger partial charge in [0.2, 0.25) is 5.95 Å². The number of imidazole rings is 1. The fraction of sp³-hybridized carbons (Fsp3) is 0.364. The average Bonchev–Trinajstić information content (AvgIpc) is 2.40. The molecule has 1 aliphatic carbocycles. The highest BCUT2D eigenvalue weighted by atomic mass is 79.9. The van der Waals surface area contributed by atoms with E-state index in [4.69, 9.17) is 5.73 Å². The van der Waals surface area contributed by atoms with E-state index in [1.165, 1.54) is 19.3 Å². The van der Waals surface area contributed by atoms with Crippen LogP contribution in [0.4, 0.5) is 5.95 Å². The zero-order valence-corrected chi connectivity index (χ0v) is 9.87. The van der Waals surface area contributed by atoms with Crippen molar-refractivity contribution in [1.29, 1.82) is 0 Å². The maximum Gasteiger partial charge on any atom is 0.201 e. The predicted octanol–water partition coefficient (Wildman–Crippen LogP) is 3.11. The molecule has 0 atom stereocenters. The highest BCUT2D eigenvalue weighted by Gasteiger charge is 2.23. The van der Waals surface area contributed by atoms with Gasteiger partial charge in [0, 0.05) is 10.5 Å². The Morgan fingerprint density at radius 3 is 2.87 bits per heavy atom. The molecule has 3 rings (SSSR count). The molecular formula is C11H12BrN3. The summed E-state index contributed by atoms with van der Waals surface area (Å²) < 4.78 is 3.22. The second kappa shape index (κ2) is 3.23. The minimum absolute atomic E-state index is 0.566. The van der Waals surface area contributed by atoms with E-state index in [1.807, 2.05) is 12.1 Å². The first-order valence-corrected chi connectivity index (χ1v) is 5.98. The van der Waals surface area contributed by atoms with Crippen molar-refractivity contribution in [3.8, 4) is 0 Å². The molecule has 4 heteroatoms. The van der Waals surface area contributed by atoms with Crippen LogP contribution in [0.15, 0.2) is 22.7 Å². The number of rotatable bonds is 1. The van der Waals surface area contributed by atoms with Gasteiger partial charge in [-0.1, -0.05) is 15.9 Å². The first-order valence-electron chi connectivity index (χ1n) is 5.18. The van der Waals surface area contributed by atoms with Gasteiger partial charge >= 0.3 is 0 Å². The van der Waals surface area contributed by atoms with E-state index in [1.54, 1.807) is 0 Å². The lowest BCUT2D eigenvalue weighted by atomic mass is 9.93. The van der Waals surface area contributed by atoms with Crippen LogP contribution in [0.5, 0.6) is 0 Å². The lowest BCUT2D eigenvalue weighted by Gasteiger charge is -2.28. The first-order chi connectivity index (χ1) is 7.25. The maximum atomic E-state index is 5.95. The number of nitrogens with zero attached hydrogens (tertiary/aromatic N) is 2. The molecule has 15 heavy (non-hydrogen) atoms. The highest BCUT2D eigenvalue weighted by Crippen LogP contribution is 2.36. The number of halogens is 1. The first kappa shape index (κ1) is 9.21. The molecule has 2 aromatic rings. The van der Waals surface area contributed by atoms with Gasteiger partial charge in [-0.05, 0) is 37.5 Å². The maximum absolute atomic E-state index is 5.95. The summed E-state index contributed by atoms with van der Waals surface area (Å²) in [4.78, 5) is 4.39. The van der Waals surface area contributed by atoms with Crippen LogP contribution in [0.3, 0.4) is 0 Å². The lowest BCUT2D eigenvalue weighted by Crippen LogP contribution is -2.18. The Balaban J connectivity index is 2.23. The normalized spacial score (nSPS) is 16.9. The Hall–Kier alpha value is -1.03. The van der Waals surface area contributed by atoms with Crippen LogP contribution >= 0.6 is 15.9 Å². The third kappa shape index (κ3) is 1.35. The van der Waals surface area contributed by atoms with Gasteiger partial charge in [-0.3, -0.25) is 0 Å². The summed E-state index contributed by atoms with van der Waals surface area (Å²) in [6, 6.07) is 6.71. The van der Waals surface area contributed by atoms with Crippen molar-refractivity contribution < 1.29 is 0 Å². The molecule has 0 saturated heterocycles. The fourth-order valence-corrected chi connectivity index (χ4v) is 2.47. The summed E-state index contributed by atoms with van der Waals surface area (Å²) in [7, 11) is 0. The summed E-state index contributed by atoms with van der Waals surface area (Å²) >= 11 is 3.44. The predicted molar refractivity (Wildman–Crippen MR) is 64.7 cm³/mol. The van der Waals surface area contributed by atoms with Gasteiger partial charge in [0.15, 0.2) is 0 Å². The zero-order chi connectivity index (χ0) is 10.4. The van der Waals surface area contributed by atoms with Crippen molar-refractivity contribution in [2.75, 3.05) is 5.73 Å². The molecule has 1 saturated carbocycles. The second-order valence-electron chi connectivity index (χ2n) is 4.06. The third-order valence-corrected chi connectivity index (χ3v) is 3.61. The van der Waals surface area contributed by atoms with E-state index >= 15 is 0 Å². The van der Waals surface area contributed by atoms with Gasteiger partial charge in [0.05, 0.1) is 11.0 Å². The Kier molecular flexibility index (Phi) is 1.99. The molecule has 1 aliphatic rings.